The smallest absolute Gasteiger partial charge is 0.292 e. The SMILES string of the molecule is NC(=S)C(c1ccc(Cl)cc1)c1ccc([N+](=O)[O-])c(NCc2ccccn2)c1. The molecule has 0 saturated heterocycles. The topological polar surface area (TPSA) is 94.1 Å². The highest BCUT2D eigenvalue weighted by Crippen LogP contribution is 2.33. The molecule has 3 aromatic rings. The monoisotopic (exact) mass is 412 g/mol. The van der Waals surface area contributed by atoms with Crippen molar-refractivity contribution in [3.8, 4) is 0 Å². The number of hydrogen-bond acceptors (Lipinski definition) is 5. The highest BCUT2D eigenvalue weighted by atomic mass is 35.5. The Morgan fingerprint density at radius 2 is 1.89 bits per heavy atom. The third kappa shape index (κ3) is 4.62. The number of nitrogens with two attached hydrogens (primary N) is 1. The highest BCUT2D eigenvalue weighted by molar-refractivity contribution is 7.80. The van der Waals surface area contributed by atoms with Crippen LogP contribution in [-0.4, -0.2) is 14.9 Å². The molecule has 2 aromatic carbocycles. The first-order chi connectivity index (χ1) is 13.5. The van der Waals surface area contributed by atoms with Crippen molar-refractivity contribution in [1.82, 2.24) is 4.98 Å². The van der Waals surface area contributed by atoms with Gasteiger partial charge in [-0.2, -0.15) is 0 Å². The first-order valence-corrected chi connectivity index (χ1v) is 9.21. The number of aromatic nitrogens is 1. The second kappa shape index (κ2) is 8.77. The predicted octanol–water partition coefficient (Wildman–Crippen LogP) is 4.67. The molecule has 1 unspecified atom stereocenters. The lowest BCUT2D eigenvalue weighted by atomic mass is 9.90. The Hall–Kier alpha value is -3.03. The number of thiocarbonyl (C=S) groups is 1. The molecule has 0 fully saturated rings. The fraction of sp³-hybridized carbons (Fsp3) is 0.100. The standard InChI is InChI=1S/C20H17ClN4O2S/c21-15-7-4-13(5-8-15)19(20(22)28)14-6-9-18(25(26)27)17(11-14)24-12-16-3-1-2-10-23-16/h1-11,19,24H,12H2,(H2,22,28). The van der Waals surface area contributed by atoms with Crippen LogP contribution in [0.2, 0.25) is 5.02 Å². The minimum atomic E-state index is -0.428. The molecule has 0 aliphatic carbocycles. The number of nitrogens with zero attached hydrogens (tertiary/aromatic N) is 2. The lowest BCUT2D eigenvalue weighted by Crippen LogP contribution is -2.20. The third-order valence-corrected chi connectivity index (χ3v) is 4.71. The molecule has 1 aromatic heterocycles. The number of hydrogen-bond donors (Lipinski definition) is 2. The Bertz CT molecular complexity index is 997. The van der Waals surface area contributed by atoms with Crippen molar-refractivity contribution >= 4 is 40.2 Å². The number of halogens is 1. The number of rotatable bonds is 7. The molecule has 1 atom stereocenters. The second-order valence-corrected chi connectivity index (χ2v) is 7.00. The van der Waals surface area contributed by atoms with Crippen LogP contribution < -0.4 is 11.1 Å². The molecule has 8 heteroatoms. The molecule has 3 N–H and O–H groups in total. The summed E-state index contributed by atoms with van der Waals surface area (Å²) < 4.78 is 0. The van der Waals surface area contributed by atoms with E-state index in [2.05, 4.69) is 10.3 Å². The minimum absolute atomic E-state index is 0.0301. The summed E-state index contributed by atoms with van der Waals surface area (Å²) in [5.74, 6) is -0.386. The number of nitro groups is 1. The molecule has 0 radical (unpaired) electrons. The molecule has 142 valence electrons. The van der Waals surface area contributed by atoms with Crippen LogP contribution in [0.5, 0.6) is 0 Å². The van der Waals surface area contributed by atoms with Crippen molar-refractivity contribution in [3.63, 3.8) is 0 Å². The van der Waals surface area contributed by atoms with E-state index in [4.69, 9.17) is 29.6 Å². The van der Waals surface area contributed by atoms with Gasteiger partial charge in [0.25, 0.3) is 5.69 Å². The van der Waals surface area contributed by atoms with Gasteiger partial charge in [0.2, 0.25) is 0 Å². The highest BCUT2D eigenvalue weighted by Gasteiger charge is 2.21. The van der Waals surface area contributed by atoms with Gasteiger partial charge < -0.3 is 11.1 Å². The van der Waals surface area contributed by atoms with Crippen LogP contribution in [0.1, 0.15) is 22.7 Å². The van der Waals surface area contributed by atoms with Crippen LogP contribution in [0, 0.1) is 10.1 Å². The minimum Gasteiger partial charge on any atom is -0.393 e. The maximum absolute atomic E-state index is 11.4. The van der Waals surface area contributed by atoms with Gasteiger partial charge in [0, 0.05) is 17.3 Å². The van der Waals surface area contributed by atoms with Crippen LogP contribution in [0.25, 0.3) is 0 Å². The lowest BCUT2D eigenvalue weighted by molar-refractivity contribution is -0.384. The van der Waals surface area contributed by atoms with E-state index in [1.165, 1.54) is 6.07 Å². The van der Waals surface area contributed by atoms with E-state index in [0.29, 0.717) is 17.3 Å². The number of pyridine rings is 1. The Balaban J connectivity index is 1.97. The Labute approximate surface area is 172 Å². The molecular formula is C20H17ClN4O2S. The summed E-state index contributed by atoms with van der Waals surface area (Å²) in [4.78, 5) is 15.5. The fourth-order valence-corrected chi connectivity index (χ4v) is 3.30. The normalized spacial score (nSPS) is 11.6. The van der Waals surface area contributed by atoms with E-state index in [9.17, 15) is 10.1 Å². The number of benzene rings is 2. The van der Waals surface area contributed by atoms with Gasteiger partial charge in [-0.3, -0.25) is 15.1 Å². The molecule has 28 heavy (non-hydrogen) atoms. The summed E-state index contributed by atoms with van der Waals surface area (Å²) in [5.41, 5.74) is 8.72. The molecule has 6 nitrogen and oxygen atoms in total. The quantitative estimate of drug-likeness (QED) is 0.332. The maximum atomic E-state index is 11.4. The molecule has 0 saturated carbocycles. The summed E-state index contributed by atoms with van der Waals surface area (Å²) in [6, 6.07) is 17.5. The van der Waals surface area contributed by atoms with Gasteiger partial charge in [0.05, 0.1) is 28.1 Å². The Morgan fingerprint density at radius 3 is 2.50 bits per heavy atom. The van der Waals surface area contributed by atoms with Gasteiger partial charge in [-0.1, -0.05) is 48.1 Å². The zero-order chi connectivity index (χ0) is 20.1. The van der Waals surface area contributed by atoms with Crippen molar-refractivity contribution in [3.05, 3.63) is 98.8 Å². The molecule has 0 spiro atoms. The number of nitrogens with one attached hydrogen (secondary N) is 1. The first-order valence-electron chi connectivity index (χ1n) is 8.42. The first kappa shape index (κ1) is 19.7. The number of nitro benzene ring substituents is 1. The van der Waals surface area contributed by atoms with Crippen molar-refractivity contribution < 1.29 is 4.92 Å². The van der Waals surface area contributed by atoms with Crippen LogP contribution >= 0.6 is 23.8 Å². The van der Waals surface area contributed by atoms with Crippen LogP contribution in [0.4, 0.5) is 11.4 Å². The second-order valence-electron chi connectivity index (χ2n) is 6.10. The van der Waals surface area contributed by atoms with Gasteiger partial charge in [-0.15, -0.1) is 0 Å². The van der Waals surface area contributed by atoms with E-state index in [1.807, 2.05) is 30.3 Å². The van der Waals surface area contributed by atoms with Gasteiger partial charge in [0.1, 0.15) is 5.69 Å². The Kier molecular flexibility index (Phi) is 6.18. The van der Waals surface area contributed by atoms with E-state index < -0.39 is 4.92 Å². The van der Waals surface area contributed by atoms with Crippen LogP contribution in [0.15, 0.2) is 66.9 Å². The van der Waals surface area contributed by atoms with E-state index in [-0.39, 0.29) is 16.6 Å². The average molecular weight is 413 g/mol. The predicted molar refractivity (Wildman–Crippen MR) is 115 cm³/mol. The van der Waals surface area contributed by atoms with E-state index >= 15 is 0 Å². The fourth-order valence-electron chi connectivity index (χ4n) is 2.90. The van der Waals surface area contributed by atoms with Crippen molar-refractivity contribution in [1.29, 1.82) is 0 Å². The summed E-state index contributed by atoms with van der Waals surface area (Å²) >= 11 is 11.2. The zero-order valence-electron chi connectivity index (χ0n) is 14.7. The summed E-state index contributed by atoms with van der Waals surface area (Å²) in [6.07, 6.45) is 1.67. The molecule has 0 bridgehead atoms. The molecule has 3 rings (SSSR count). The van der Waals surface area contributed by atoms with Crippen molar-refractivity contribution in [2.24, 2.45) is 5.73 Å². The van der Waals surface area contributed by atoms with E-state index in [1.54, 1.807) is 30.5 Å². The van der Waals surface area contributed by atoms with E-state index in [0.717, 1.165) is 16.8 Å². The van der Waals surface area contributed by atoms with Crippen molar-refractivity contribution in [2.75, 3.05) is 5.32 Å². The van der Waals surface area contributed by atoms with Gasteiger partial charge >= 0.3 is 0 Å². The average Bonchev–Trinajstić information content (AvgIpc) is 2.68. The summed E-state index contributed by atoms with van der Waals surface area (Å²) in [6.45, 7) is 0.351. The maximum Gasteiger partial charge on any atom is 0.292 e. The number of anilines is 1. The lowest BCUT2D eigenvalue weighted by Gasteiger charge is -2.18. The molecule has 0 amide bonds. The summed E-state index contributed by atoms with van der Waals surface area (Å²) in [5, 5.41) is 15.1. The molecular weight excluding hydrogens is 396 g/mol. The Morgan fingerprint density at radius 1 is 1.18 bits per heavy atom. The largest absolute Gasteiger partial charge is 0.393 e. The molecule has 1 heterocycles. The van der Waals surface area contributed by atoms with Gasteiger partial charge in [-0.25, -0.2) is 0 Å². The third-order valence-electron chi connectivity index (χ3n) is 4.22. The van der Waals surface area contributed by atoms with Crippen LogP contribution in [0.3, 0.4) is 0 Å². The van der Waals surface area contributed by atoms with Gasteiger partial charge in [0.15, 0.2) is 0 Å². The summed E-state index contributed by atoms with van der Waals surface area (Å²) in [7, 11) is 0. The van der Waals surface area contributed by atoms with Crippen LogP contribution in [-0.2, 0) is 6.54 Å². The van der Waals surface area contributed by atoms with Gasteiger partial charge in [-0.05, 0) is 41.5 Å². The van der Waals surface area contributed by atoms with Crippen molar-refractivity contribution in [2.45, 2.75) is 12.5 Å². The molecule has 0 aliphatic rings. The molecule has 0 aliphatic heterocycles. The zero-order valence-corrected chi connectivity index (χ0v) is 16.3.